The lowest BCUT2D eigenvalue weighted by Crippen LogP contribution is -2.25. The van der Waals surface area contributed by atoms with Crippen LogP contribution in [0.2, 0.25) is 0 Å². The highest BCUT2D eigenvalue weighted by Crippen LogP contribution is 2.19. The first-order valence-electron chi connectivity index (χ1n) is 7.16. The summed E-state index contributed by atoms with van der Waals surface area (Å²) in [5, 5.41) is 3.66. The Morgan fingerprint density at radius 1 is 1.21 bits per heavy atom. The van der Waals surface area contributed by atoms with Crippen molar-refractivity contribution in [1.29, 1.82) is 0 Å². The molecule has 3 heteroatoms. The second-order valence-corrected chi connectivity index (χ2v) is 6.45. The van der Waals surface area contributed by atoms with Gasteiger partial charge in [0, 0.05) is 24.1 Å². The molecule has 1 N–H and O–H groups in total. The van der Waals surface area contributed by atoms with Gasteiger partial charge in [0.05, 0.1) is 0 Å². The third-order valence-corrected chi connectivity index (χ3v) is 4.13. The van der Waals surface area contributed by atoms with E-state index in [1.165, 1.54) is 23.3 Å². The molecule has 1 aromatic rings. The van der Waals surface area contributed by atoms with Gasteiger partial charge in [-0.25, -0.2) is 0 Å². The summed E-state index contributed by atoms with van der Waals surface area (Å²) < 4.78 is 0. The molecule has 1 aromatic carbocycles. The van der Waals surface area contributed by atoms with Crippen LogP contribution >= 0.6 is 11.8 Å². The molecule has 108 valence electrons. The minimum Gasteiger partial charge on any atom is -0.309 e. The first-order chi connectivity index (χ1) is 9.13. The lowest BCUT2D eigenvalue weighted by atomic mass is 10.1. The van der Waals surface area contributed by atoms with Crippen LogP contribution in [0.4, 0.5) is 0 Å². The van der Waals surface area contributed by atoms with Crippen LogP contribution in [0.5, 0.6) is 0 Å². The smallest absolute Gasteiger partial charge is 0.0411 e. The van der Waals surface area contributed by atoms with Crippen LogP contribution in [0.25, 0.3) is 0 Å². The molecule has 0 spiro atoms. The van der Waals surface area contributed by atoms with E-state index in [2.05, 4.69) is 62.4 Å². The summed E-state index contributed by atoms with van der Waals surface area (Å²) in [7, 11) is 4.26. The minimum atomic E-state index is 0.479. The van der Waals surface area contributed by atoms with Gasteiger partial charge in [-0.05, 0) is 39.5 Å². The van der Waals surface area contributed by atoms with Crippen LogP contribution in [-0.4, -0.2) is 43.6 Å². The largest absolute Gasteiger partial charge is 0.309 e. The topological polar surface area (TPSA) is 15.3 Å². The van der Waals surface area contributed by atoms with Crippen LogP contribution in [0.1, 0.15) is 30.5 Å². The van der Waals surface area contributed by atoms with Crippen molar-refractivity contribution in [3.05, 3.63) is 35.4 Å². The van der Waals surface area contributed by atoms with Crippen molar-refractivity contribution >= 4 is 11.8 Å². The van der Waals surface area contributed by atoms with Crippen molar-refractivity contribution in [2.45, 2.75) is 26.3 Å². The van der Waals surface area contributed by atoms with Crippen molar-refractivity contribution in [3.63, 3.8) is 0 Å². The van der Waals surface area contributed by atoms with Crippen LogP contribution < -0.4 is 5.32 Å². The molecule has 0 aliphatic carbocycles. The van der Waals surface area contributed by atoms with Crippen molar-refractivity contribution in [2.24, 2.45) is 0 Å². The van der Waals surface area contributed by atoms with Gasteiger partial charge in [0.1, 0.15) is 0 Å². The summed E-state index contributed by atoms with van der Waals surface area (Å²) in [6.07, 6.45) is 1.19. The summed E-state index contributed by atoms with van der Waals surface area (Å²) in [6, 6.07) is 9.42. The standard InChI is InChI=1S/C16H28N2S/c1-5-10-17-16(13-19-12-11-18(3)4)15-8-6-14(2)7-9-15/h6-9,16-17H,5,10-13H2,1-4H3. The number of aryl methyl sites for hydroxylation is 1. The third kappa shape index (κ3) is 7.00. The van der Waals surface area contributed by atoms with Crippen LogP contribution in [0, 0.1) is 6.92 Å². The highest BCUT2D eigenvalue weighted by molar-refractivity contribution is 7.99. The van der Waals surface area contributed by atoms with Crippen LogP contribution in [0.15, 0.2) is 24.3 Å². The monoisotopic (exact) mass is 280 g/mol. The van der Waals surface area contributed by atoms with E-state index >= 15 is 0 Å². The Labute approximate surface area is 123 Å². The van der Waals surface area contributed by atoms with Crippen LogP contribution in [0.3, 0.4) is 0 Å². The first kappa shape index (κ1) is 16.5. The van der Waals surface area contributed by atoms with Gasteiger partial charge in [-0.2, -0.15) is 11.8 Å². The van der Waals surface area contributed by atoms with E-state index in [0.29, 0.717) is 6.04 Å². The Morgan fingerprint density at radius 2 is 1.89 bits per heavy atom. The van der Waals surface area contributed by atoms with E-state index in [4.69, 9.17) is 0 Å². The van der Waals surface area contributed by atoms with Gasteiger partial charge in [0.25, 0.3) is 0 Å². The number of thioether (sulfide) groups is 1. The average molecular weight is 280 g/mol. The molecule has 19 heavy (non-hydrogen) atoms. The van der Waals surface area contributed by atoms with Crippen molar-refractivity contribution < 1.29 is 0 Å². The predicted octanol–water partition coefficient (Wildman–Crippen LogP) is 3.33. The molecule has 0 aliphatic heterocycles. The molecule has 1 unspecified atom stereocenters. The van der Waals surface area contributed by atoms with Crippen LogP contribution in [-0.2, 0) is 0 Å². The zero-order valence-corrected chi connectivity index (χ0v) is 13.6. The van der Waals surface area contributed by atoms with E-state index in [0.717, 1.165) is 18.8 Å². The first-order valence-corrected chi connectivity index (χ1v) is 8.31. The summed E-state index contributed by atoms with van der Waals surface area (Å²) in [4.78, 5) is 2.24. The molecule has 0 aromatic heterocycles. The lowest BCUT2D eigenvalue weighted by Gasteiger charge is -2.19. The van der Waals surface area contributed by atoms with Gasteiger partial charge in [0.15, 0.2) is 0 Å². The zero-order chi connectivity index (χ0) is 14.1. The Balaban J connectivity index is 2.48. The molecule has 0 radical (unpaired) electrons. The molecule has 1 atom stereocenters. The summed E-state index contributed by atoms with van der Waals surface area (Å²) in [6.45, 7) is 6.61. The fourth-order valence-electron chi connectivity index (χ4n) is 1.84. The van der Waals surface area contributed by atoms with Gasteiger partial charge < -0.3 is 10.2 Å². The summed E-state index contributed by atoms with van der Waals surface area (Å²) in [5.74, 6) is 2.35. The quantitative estimate of drug-likeness (QED) is 0.699. The fraction of sp³-hybridized carbons (Fsp3) is 0.625. The molecule has 0 saturated carbocycles. The van der Waals surface area contributed by atoms with Crippen molar-refractivity contribution in [3.8, 4) is 0 Å². The van der Waals surface area contributed by atoms with Gasteiger partial charge >= 0.3 is 0 Å². The second kappa shape index (κ2) is 9.40. The molecule has 0 heterocycles. The fourth-order valence-corrected chi connectivity index (χ4v) is 3.05. The molecule has 0 bridgehead atoms. The average Bonchev–Trinajstić information content (AvgIpc) is 2.39. The van der Waals surface area contributed by atoms with E-state index in [1.807, 2.05) is 11.8 Å². The van der Waals surface area contributed by atoms with Gasteiger partial charge in [-0.3, -0.25) is 0 Å². The maximum Gasteiger partial charge on any atom is 0.0411 e. The molecule has 0 aliphatic rings. The van der Waals surface area contributed by atoms with E-state index in [-0.39, 0.29) is 0 Å². The van der Waals surface area contributed by atoms with Crippen molar-refractivity contribution in [2.75, 3.05) is 38.7 Å². The number of nitrogens with one attached hydrogen (secondary N) is 1. The summed E-state index contributed by atoms with van der Waals surface area (Å²) in [5.41, 5.74) is 2.75. The highest BCUT2D eigenvalue weighted by Gasteiger charge is 2.10. The lowest BCUT2D eigenvalue weighted by molar-refractivity contribution is 0.437. The van der Waals surface area contributed by atoms with Gasteiger partial charge in [-0.1, -0.05) is 36.8 Å². The maximum absolute atomic E-state index is 3.66. The number of nitrogens with zero attached hydrogens (tertiary/aromatic N) is 1. The van der Waals surface area contributed by atoms with Gasteiger partial charge in [-0.15, -0.1) is 0 Å². The number of benzene rings is 1. The molecule has 2 nitrogen and oxygen atoms in total. The maximum atomic E-state index is 3.66. The predicted molar refractivity (Wildman–Crippen MR) is 88.1 cm³/mol. The minimum absolute atomic E-state index is 0.479. The molecule has 0 saturated heterocycles. The molecule has 0 amide bonds. The Morgan fingerprint density at radius 3 is 2.47 bits per heavy atom. The molecule has 0 fully saturated rings. The Hall–Kier alpha value is -0.510. The second-order valence-electron chi connectivity index (χ2n) is 5.30. The Kier molecular flexibility index (Phi) is 8.19. The number of rotatable bonds is 9. The van der Waals surface area contributed by atoms with E-state index < -0.39 is 0 Å². The summed E-state index contributed by atoms with van der Waals surface area (Å²) >= 11 is 2.03. The molecule has 1 rings (SSSR count). The Bertz CT molecular complexity index is 335. The highest BCUT2D eigenvalue weighted by atomic mass is 32.2. The number of hydrogen-bond donors (Lipinski definition) is 1. The number of hydrogen-bond acceptors (Lipinski definition) is 3. The van der Waals surface area contributed by atoms with Gasteiger partial charge in [0.2, 0.25) is 0 Å². The molecular weight excluding hydrogens is 252 g/mol. The van der Waals surface area contributed by atoms with E-state index in [9.17, 15) is 0 Å². The normalized spacial score (nSPS) is 12.9. The van der Waals surface area contributed by atoms with E-state index in [1.54, 1.807) is 0 Å². The van der Waals surface area contributed by atoms with Crippen molar-refractivity contribution in [1.82, 2.24) is 10.2 Å². The molecular formula is C16H28N2S. The zero-order valence-electron chi connectivity index (χ0n) is 12.8. The third-order valence-electron chi connectivity index (χ3n) is 3.09. The SMILES string of the molecule is CCCNC(CSCCN(C)C)c1ccc(C)cc1.